The summed E-state index contributed by atoms with van der Waals surface area (Å²) in [7, 11) is 0. The molecule has 0 bridgehead atoms. The number of ketones is 1. The molecule has 0 amide bonds. The number of aromatic hydroxyl groups is 2. The predicted molar refractivity (Wildman–Crippen MR) is 67.0 cm³/mol. The van der Waals surface area contributed by atoms with E-state index >= 15 is 0 Å². The maximum Gasteiger partial charge on any atom is 0.232 e. The highest BCUT2D eigenvalue weighted by atomic mass is 32.1. The highest BCUT2D eigenvalue weighted by Crippen LogP contribution is 2.44. The van der Waals surface area contributed by atoms with Crippen LogP contribution in [0.15, 0.2) is 35.4 Å². The van der Waals surface area contributed by atoms with Gasteiger partial charge < -0.3 is 14.9 Å². The van der Waals surface area contributed by atoms with E-state index in [0.29, 0.717) is 0 Å². The monoisotopic (exact) mass is 260 g/mol. The molecule has 0 fully saturated rings. The molecule has 0 aliphatic carbocycles. The molecule has 0 atom stereocenters. The molecule has 1 aromatic heterocycles. The fourth-order valence-electron chi connectivity index (χ4n) is 1.73. The Balaban J connectivity index is 2.07. The minimum atomic E-state index is -0.407. The summed E-state index contributed by atoms with van der Waals surface area (Å²) in [5.41, 5.74) is 0.258. The first kappa shape index (κ1) is 10.9. The Bertz CT molecular complexity index is 656. The number of rotatable bonds is 1. The van der Waals surface area contributed by atoms with Gasteiger partial charge >= 0.3 is 0 Å². The van der Waals surface area contributed by atoms with E-state index in [-0.39, 0.29) is 28.6 Å². The van der Waals surface area contributed by atoms with Crippen molar-refractivity contribution in [3.05, 3.63) is 45.8 Å². The normalized spacial score (nSPS) is 15.8. The van der Waals surface area contributed by atoms with Crippen LogP contribution in [0, 0.1) is 0 Å². The van der Waals surface area contributed by atoms with Crippen molar-refractivity contribution in [2.24, 2.45) is 0 Å². The Labute approximate surface area is 106 Å². The van der Waals surface area contributed by atoms with Gasteiger partial charge in [-0.3, -0.25) is 4.79 Å². The summed E-state index contributed by atoms with van der Waals surface area (Å²) in [6.45, 7) is 0. The smallest absolute Gasteiger partial charge is 0.232 e. The lowest BCUT2D eigenvalue weighted by Gasteiger charge is -2.02. The number of ether oxygens (including phenoxy) is 1. The summed E-state index contributed by atoms with van der Waals surface area (Å²) in [5.74, 6) is -0.848. The Morgan fingerprint density at radius 1 is 1.22 bits per heavy atom. The Morgan fingerprint density at radius 3 is 2.78 bits per heavy atom. The van der Waals surface area contributed by atoms with Crippen molar-refractivity contribution in [3.8, 4) is 17.2 Å². The number of benzene rings is 1. The molecule has 3 rings (SSSR count). The minimum absolute atomic E-state index is 0.0165. The zero-order valence-electron chi connectivity index (χ0n) is 9.08. The zero-order valence-corrected chi connectivity index (χ0v) is 9.90. The molecule has 4 nitrogen and oxygen atoms in total. The molecule has 18 heavy (non-hydrogen) atoms. The number of hydrogen-bond acceptors (Lipinski definition) is 5. The van der Waals surface area contributed by atoms with Crippen LogP contribution < -0.4 is 4.74 Å². The summed E-state index contributed by atoms with van der Waals surface area (Å²) in [6.07, 6.45) is 1.61. The molecule has 1 aliphatic heterocycles. The molecule has 0 spiro atoms. The van der Waals surface area contributed by atoms with Gasteiger partial charge in [-0.05, 0) is 23.6 Å². The van der Waals surface area contributed by atoms with Gasteiger partial charge in [-0.2, -0.15) is 0 Å². The zero-order chi connectivity index (χ0) is 12.7. The third-order valence-corrected chi connectivity index (χ3v) is 3.43. The van der Waals surface area contributed by atoms with Gasteiger partial charge in [0.25, 0.3) is 0 Å². The molecule has 2 N–H and O–H groups in total. The van der Waals surface area contributed by atoms with Crippen LogP contribution in [0.25, 0.3) is 6.08 Å². The van der Waals surface area contributed by atoms with E-state index in [1.165, 1.54) is 23.5 Å². The molecule has 0 saturated heterocycles. The lowest BCUT2D eigenvalue weighted by Crippen LogP contribution is -1.97. The van der Waals surface area contributed by atoms with E-state index in [9.17, 15) is 15.0 Å². The van der Waals surface area contributed by atoms with E-state index < -0.39 is 5.75 Å². The number of phenols is 2. The van der Waals surface area contributed by atoms with Gasteiger partial charge in [-0.1, -0.05) is 6.07 Å². The molecule has 2 heterocycles. The molecule has 90 valence electrons. The maximum atomic E-state index is 12.0. The number of thiophene rings is 1. The van der Waals surface area contributed by atoms with Crippen molar-refractivity contribution in [2.75, 3.05) is 0 Å². The highest BCUT2D eigenvalue weighted by molar-refractivity contribution is 7.10. The van der Waals surface area contributed by atoms with Gasteiger partial charge in [-0.15, -0.1) is 11.3 Å². The highest BCUT2D eigenvalue weighted by Gasteiger charge is 2.31. The number of Topliss-reactive ketones (excluding diaryl/α,β-unsaturated/α-hetero) is 1. The first-order chi connectivity index (χ1) is 8.66. The Hall–Kier alpha value is -2.27. The fourth-order valence-corrected chi connectivity index (χ4v) is 2.38. The number of fused-ring (bicyclic) bond motifs is 1. The summed E-state index contributed by atoms with van der Waals surface area (Å²) in [5, 5.41) is 20.9. The molecule has 0 unspecified atom stereocenters. The molecule has 1 aliphatic rings. The first-order valence-corrected chi connectivity index (χ1v) is 6.07. The van der Waals surface area contributed by atoms with Crippen LogP contribution in [0.5, 0.6) is 17.2 Å². The van der Waals surface area contributed by atoms with Gasteiger partial charge in [-0.25, -0.2) is 0 Å². The second-order valence-corrected chi connectivity index (χ2v) is 4.74. The number of carbonyl (C=O) groups excluding carboxylic acids is 1. The van der Waals surface area contributed by atoms with E-state index in [4.69, 9.17) is 4.74 Å². The van der Waals surface area contributed by atoms with Crippen LogP contribution in [-0.4, -0.2) is 16.0 Å². The van der Waals surface area contributed by atoms with Crippen molar-refractivity contribution in [2.45, 2.75) is 0 Å². The van der Waals surface area contributed by atoms with Gasteiger partial charge in [0.05, 0.1) is 5.56 Å². The molecular formula is C13H8O4S. The standard InChI is InChI=1S/C13H8O4S/c14-9-4-3-8-11(15)10(17-13(8)12(9)16)6-7-2-1-5-18-7/h1-6,14,16H. The largest absolute Gasteiger partial charge is 0.504 e. The topological polar surface area (TPSA) is 66.8 Å². The molecular weight excluding hydrogens is 252 g/mol. The van der Waals surface area contributed by atoms with Gasteiger partial charge in [0, 0.05) is 11.0 Å². The SMILES string of the molecule is O=C1C(=Cc2cccs2)Oc2c1ccc(O)c2O. The summed E-state index contributed by atoms with van der Waals surface area (Å²) >= 11 is 1.48. The van der Waals surface area contributed by atoms with Crippen LogP contribution in [0.3, 0.4) is 0 Å². The van der Waals surface area contributed by atoms with Crippen molar-refractivity contribution in [1.29, 1.82) is 0 Å². The van der Waals surface area contributed by atoms with E-state index in [2.05, 4.69) is 0 Å². The molecule has 2 aromatic rings. The maximum absolute atomic E-state index is 12.0. The van der Waals surface area contributed by atoms with Crippen molar-refractivity contribution >= 4 is 23.2 Å². The minimum Gasteiger partial charge on any atom is -0.504 e. The molecule has 1 aromatic carbocycles. The lowest BCUT2D eigenvalue weighted by atomic mass is 10.1. The number of phenolic OH excluding ortho intramolecular Hbond substituents is 2. The second kappa shape index (κ2) is 3.89. The van der Waals surface area contributed by atoms with Gasteiger partial charge in [0.2, 0.25) is 11.5 Å². The number of hydrogen-bond donors (Lipinski definition) is 2. The summed E-state index contributed by atoms with van der Waals surface area (Å²) < 4.78 is 5.31. The molecule has 0 saturated carbocycles. The fraction of sp³-hybridized carbons (Fsp3) is 0. The van der Waals surface area contributed by atoms with Crippen LogP contribution >= 0.6 is 11.3 Å². The summed E-state index contributed by atoms with van der Waals surface area (Å²) in [4.78, 5) is 12.9. The average molecular weight is 260 g/mol. The third kappa shape index (κ3) is 1.56. The van der Waals surface area contributed by atoms with Gasteiger partial charge in [0.1, 0.15) is 0 Å². The number of allylic oxidation sites excluding steroid dienone is 1. The second-order valence-electron chi connectivity index (χ2n) is 3.77. The van der Waals surface area contributed by atoms with Gasteiger partial charge in [0.15, 0.2) is 17.3 Å². The van der Waals surface area contributed by atoms with E-state index in [0.717, 1.165) is 4.88 Å². The van der Waals surface area contributed by atoms with E-state index in [1.807, 2.05) is 17.5 Å². The summed E-state index contributed by atoms with van der Waals surface area (Å²) in [6, 6.07) is 6.42. The van der Waals surface area contributed by atoms with Crippen LogP contribution in [0.1, 0.15) is 15.2 Å². The Kier molecular flexibility index (Phi) is 2.34. The first-order valence-electron chi connectivity index (χ1n) is 5.19. The number of carbonyl (C=O) groups is 1. The third-order valence-electron chi connectivity index (χ3n) is 2.61. The predicted octanol–water partition coefficient (Wildman–Crippen LogP) is 2.78. The van der Waals surface area contributed by atoms with Crippen molar-refractivity contribution < 1.29 is 19.7 Å². The van der Waals surface area contributed by atoms with Crippen molar-refractivity contribution in [1.82, 2.24) is 0 Å². The van der Waals surface area contributed by atoms with Crippen LogP contribution in [0.2, 0.25) is 0 Å². The van der Waals surface area contributed by atoms with E-state index in [1.54, 1.807) is 6.08 Å². The lowest BCUT2D eigenvalue weighted by molar-refractivity contribution is 0.101. The Morgan fingerprint density at radius 2 is 2.06 bits per heavy atom. The molecule has 5 heteroatoms. The quantitative estimate of drug-likeness (QED) is 0.611. The van der Waals surface area contributed by atoms with Crippen LogP contribution in [0.4, 0.5) is 0 Å². The van der Waals surface area contributed by atoms with Crippen LogP contribution in [-0.2, 0) is 0 Å². The average Bonchev–Trinajstić information content (AvgIpc) is 2.95. The molecule has 0 radical (unpaired) electrons. The van der Waals surface area contributed by atoms with Crippen molar-refractivity contribution in [3.63, 3.8) is 0 Å².